The number of benzene rings is 2. The number of hydrogen-bond donors (Lipinski definition) is 1. The molecule has 0 aliphatic rings. The third-order valence-corrected chi connectivity index (χ3v) is 6.08. The zero-order chi connectivity index (χ0) is 20.9. The van der Waals surface area contributed by atoms with Crippen LogP contribution in [0, 0.1) is 0 Å². The maximum absolute atomic E-state index is 12.4. The zero-order valence-electron chi connectivity index (χ0n) is 15.9. The van der Waals surface area contributed by atoms with E-state index in [-0.39, 0.29) is 13.1 Å². The van der Waals surface area contributed by atoms with Crippen LogP contribution in [0.3, 0.4) is 0 Å². The van der Waals surface area contributed by atoms with Gasteiger partial charge in [-0.3, -0.25) is 10.1 Å². The Balaban J connectivity index is 1.66. The van der Waals surface area contributed by atoms with Gasteiger partial charge in [0.2, 0.25) is 21.1 Å². The summed E-state index contributed by atoms with van der Waals surface area (Å²) in [5.41, 5.74) is 1.63. The highest BCUT2D eigenvalue weighted by atomic mass is 32.2. The lowest BCUT2D eigenvalue weighted by Gasteiger charge is -2.19. The third kappa shape index (κ3) is 5.83. The number of nitrogens with one attached hydrogen (secondary N) is 1. The number of sulfonamides is 1. The summed E-state index contributed by atoms with van der Waals surface area (Å²) in [7, 11) is -1.98. The quantitative estimate of drug-likeness (QED) is 0.587. The second-order valence-corrected chi connectivity index (χ2v) is 9.17. The van der Waals surface area contributed by atoms with Gasteiger partial charge >= 0.3 is 0 Å². The smallest absolute Gasteiger partial charge is 0.241 e. The Kier molecular flexibility index (Phi) is 6.57. The highest BCUT2D eigenvalue weighted by molar-refractivity contribution is 7.88. The first kappa shape index (κ1) is 20.9. The van der Waals surface area contributed by atoms with Crippen LogP contribution in [-0.4, -0.2) is 48.7 Å². The number of ether oxygens (including phenoxy) is 1. The fraction of sp³-hybridized carbons (Fsp3) is 0.211. The second kappa shape index (κ2) is 9.12. The molecule has 1 amide bonds. The molecular formula is C19H20N4O4S2. The molecule has 1 N–H and O–H groups in total. The van der Waals surface area contributed by atoms with Gasteiger partial charge in [-0.05, 0) is 29.8 Å². The van der Waals surface area contributed by atoms with E-state index in [1.54, 1.807) is 7.11 Å². The number of rotatable bonds is 8. The molecule has 0 fully saturated rings. The second-order valence-electron chi connectivity index (χ2n) is 6.21. The van der Waals surface area contributed by atoms with Gasteiger partial charge < -0.3 is 4.74 Å². The minimum absolute atomic E-state index is 0.111. The number of aromatic nitrogens is 2. The van der Waals surface area contributed by atoms with Crippen LogP contribution in [0.1, 0.15) is 5.56 Å². The van der Waals surface area contributed by atoms with Crippen LogP contribution in [0.5, 0.6) is 5.75 Å². The van der Waals surface area contributed by atoms with Crippen LogP contribution >= 0.6 is 11.3 Å². The van der Waals surface area contributed by atoms with Crippen molar-refractivity contribution in [2.24, 2.45) is 0 Å². The Morgan fingerprint density at radius 2 is 1.79 bits per heavy atom. The van der Waals surface area contributed by atoms with E-state index in [0.29, 0.717) is 10.1 Å². The first-order valence-electron chi connectivity index (χ1n) is 8.62. The largest absolute Gasteiger partial charge is 0.497 e. The normalized spacial score (nSPS) is 11.4. The first-order valence-corrected chi connectivity index (χ1v) is 11.3. The minimum atomic E-state index is -3.57. The van der Waals surface area contributed by atoms with Crippen molar-refractivity contribution in [1.29, 1.82) is 0 Å². The summed E-state index contributed by atoms with van der Waals surface area (Å²) in [6, 6.07) is 16.4. The van der Waals surface area contributed by atoms with E-state index in [4.69, 9.17) is 4.74 Å². The highest BCUT2D eigenvalue weighted by Crippen LogP contribution is 2.27. The molecule has 152 valence electrons. The number of hydrogen-bond acceptors (Lipinski definition) is 7. The van der Waals surface area contributed by atoms with Gasteiger partial charge in [-0.25, -0.2) is 8.42 Å². The van der Waals surface area contributed by atoms with Gasteiger partial charge in [0.25, 0.3) is 0 Å². The fourth-order valence-corrected chi connectivity index (χ4v) is 4.02. The van der Waals surface area contributed by atoms with Crippen molar-refractivity contribution < 1.29 is 17.9 Å². The minimum Gasteiger partial charge on any atom is -0.497 e. The Labute approximate surface area is 173 Å². The average Bonchev–Trinajstić information content (AvgIpc) is 3.16. The molecule has 10 heteroatoms. The van der Waals surface area contributed by atoms with Crippen molar-refractivity contribution >= 4 is 32.4 Å². The maximum atomic E-state index is 12.4. The predicted molar refractivity (Wildman–Crippen MR) is 112 cm³/mol. The van der Waals surface area contributed by atoms with E-state index < -0.39 is 15.9 Å². The fourth-order valence-electron chi connectivity index (χ4n) is 2.52. The molecule has 1 aromatic heterocycles. The molecule has 0 saturated carbocycles. The van der Waals surface area contributed by atoms with Crippen LogP contribution in [0.25, 0.3) is 10.6 Å². The molecule has 2 aromatic carbocycles. The molecule has 0 radical (unpaired) electrons. The Morgan fingerprint density at radius 1 is 1.10 bits per heavy atom. The first-order chi connectivity index (χ1) is 13.8. The molecule has 3 aromatic rings. The molecule has 8 nitrogen and oxygen atoms in total. The molecular weight excluding hydrogens is 412 g/mol. The van der Waals surface area contributed by atoms with E-state index in [9.17, 15) is 13.2 Å². The van der Waals surface area contributed by atoms with Gasteiger partial charge in [0.15, 0.2) is 0 Å². The Bertz CT molecular complexity index is 1070. The van der Waals surface area contributed by atoms with Crippen molar-refractivity contribution in [3.8, 4) is 16.3 Å². The van der Waals surface area contributed by atoms with Gasteiger partial charge in [0, 0.05) is 12.1 Å². The highest BCUT2D eigenvalue weighted by Gasteiger charge is 2.21. The van der Waals surface area contributed by atoms with Crippen molar-refractivity contribution in [2.45, 2.75) is 6.54 Å². The van der Waals surface area contributed by atoms with Gasteiger partial charge in [-0.1, -0.05) is 41.7 Å². The number of carbonyl (C=O) groups excluding carboxylic acids is 1. The van der Waals surface area contributed by atoms with Gasteiger partial charge in [-0.2, -0.15) is 4.31 Å². The van der Waals surface area contributed by atoms with Crippen molar-refractivity contribution in [3.63, 3.8) is 0 Å². The summed E-state index contributed by atoms with van der Waals surface area (Å²) in [4.78, 5) is 12.4. The third-order valence-electron chi connectivity index (χ3n) is 4.00. The van der Waals surface area contributed by atoms with Crippen LogP contribution in [0.15, 0.2) is 54.6 Å². The number of nitrogens with zero attached hydrogens (tertiary/aromatic N) is 3. The number of anilines is 1. The topological polar surface area (TPSA) is 101 Å². The van der Waals surface area contributed by atoms with Gasteiger partial charge in [0.1, 0.15) is 10.8 Å². The van der Waals surface area contributed by atoms with Crippen molar-refractivity contribution in [1.82, 2.24) is 14.5 Å². The summed E-state index contributed by atoms with van der Waals surface area (Å²) in [5.74, 6) is 0.245. The summed E-state index contributed by atoms with van der Waals surface area (Å²) in [5, 5.41) is 11.6. The van der Waals surface area contributed by atoms with E-state index >= 15 is 0 Å². The van der Waals surface area contributed by atoms with E-state index in [1.165, 1.54) is 11.3 Å². The Morgan fingerprint density at radius 3 is 2.41 bits per heavy atom. The van der Waals surface area contributed by atoms with Crippen LogP contribution < -0.4 is 10.1 Å². The molecule has 0 atom stereocenters. The maximum Gasteiger partial charge on any atom is 0.241 e. The summed E-state index contributed by atoms with van der Waals surface area (Å²) in [6.45, 7) is -0.203. The van der Waals surface area contributed by atoms with E-state index in [0.717, 1.165) is 27.4 Å². The van der Waals surface area contributed by atoms with Crippen LogP contribution in [0.2, 0.25) is 0 Å². The number of carbonyl (C=O) groups is 1. The van der Waals surface area contributed by atoms with E-state index in [2.05, 4.69) is 15.5 Å². The molecule has 1 heterocycles. The summed E-state index contributed by atoms with van der Waals surface area (Å²) < 4.78 is 30.4. The molecule has 3 rings (SSSR count). The summed E-state index contributed by atoms with van der Waals surface area (Å²) in [6.07, 6.45) is 1.08. The van der Waals surface area contributed by atoms with Gasteiger partial charge in [0.05, 0.1) is 19.9 Å². The van der Waals surface area contributed by atoms with Crippen LogP contribution in [-0.2, 0) is 21.4 Å². The monoisotopic (exact) mass is 432 g/mol. The van der Waals surface area contributed by atoms with Gasteiger partial charge in [-0.15, -0.1) is 10.2 Å². The molecule has 29 heavy (non-hydrogen) atoms. The van der Waals surface area contributed by atoms with Crippen molar-refractivity contribution in [2.75, 3.05) is 25.2 Å². The standard InChI is InChI=1S/C19H20N4O4S2/c1-27-16-10-8-15(9-11-16)18-21-22-19(28-18)20-17(24)13-23(29(2,25)26)12-14-6-4-3-5-7-14/h3-11H,12-13H2,1-2H3,(H,20,22,24). The predicted octanol–water partition coefficient (Wildman–Crippen LogP) is 2.61. The lowest BCUT2D eigenvalue weighted by atomic mass is 10.2. The molecule has 0 aliphatic carbocycles. The Hall–Kier alpha value is -2.82. The number of methoxy groups -OCH3 is 1. The van der Waals surface area contributed by atoms with Crippen LogP contribution in [0.4, 0.5) is 5.13 Å². The number of amides is 1. The molecule has 0 bridgehead atoms. The summed E-state index contributed by atoms with van der Waals surface area (Å²) >= 11 is 1.20. The average molecular weight is 433 g/mol. The van der Waals surface area contributed by atoms with Crippen molar-refractivity contribution in [3.05, 3.63) is 60.2 Å². The molecule has 0 aliphatic heterocycles. The molecule has 0 unspecified atom stereocenters. The zero-order valence-corrected chi connectivity index (χ0v) is 17.5. The lowest BCUT2D eigenvalue weighted by molar-refractivity contribution is -0.116. The SMILES string of the molecule is COc1ccc(-c2nnc(NC(=O)CN(Cc3ccccc3)S(C)(=O)=O)s2)cc1. The molecule has 0 saturated heterocycles. The van der Waals surface area contributed by atoms with E-state index in [1.807, 2.05) is 54.6 Å². The lowest BCUT2D eigenvalue weighted by Crippen LogP contribution is -2.36. The molecule has 0 spiro atoms.